The smallest absolute Gasteiger partial charge is 0.223 e. The number of likely N-dealkylation sites (N-methyl/N-ethyl adjacent to an activating group) is 1. The zero-order chi connectivity index (χ0) is 25.6. The van der Waals surface area contributed by atoms with Crippen molar-refractivity contribution < 1.29 is 14.3 Å². The van der Waals surface area contributed by atoms with E-state index in [1.807, 2.05) is 36.5 Å². The third kappa shape index (κ3) is 9.19. The summed E-state index contributed by atoms with van der Waals surface area (Å²) in [5.41, 5.74) is 4.49. The zero-order valence-electron chi connectivity index (χ0n) is 21.6. The average Bonchev–Trinajstić information content (AvgIpc) is 2.92. The first-order valence-electron chi connectivity index (χ1n) is 12.4. The quantitative estimate of drug-likeness (QED) is 0.315. The van der Waals surface area contributed by atoms with Gasteiger partial charge in [-0.25, -0.2) is 0 Å². The van der Waals surface area contributed by atoms with E-state index in [0.717, 1.165) is 60.5 Å². The molecule has 1 aromatic heterocycles. The molecular formula is C30H37N3O3. The van der Waals surface area contributed by atoms with Gasteiger partial charge in [0.05, 0.1) is 14.2 Å². The second kappa shape index (κ2) is 14.7. The van der Waals surface area contributed by atoms with Crippen LogP contribution in [0.25, 0.3) is 17.2 Å². The van der Waals surface area contributed by atoms with Gasteiger partial charge in [-0.05, 0) is 73.3 Å². The van der Waals surface area contributed by atoms with Crippen LogP contribution >= 0.6 is 0 Å². The number of amides is 1. The van der Waals surface area contributed by atoms with Gasteiger partial charge >= 0.3 is 0 Å². The van der Waals surface area contributed by atoms with Gasteiger partial charge in [-0.15, -0.1) is 0 Å². The summed E-state index contributed by atoms with van der Waals surface area (Å²) in [7, 11) is 5.47. The highest BCUT2D eigenvalue weighted by molar-refractivity contribution is 5.78. The predicted molar refractivity (Wildman–Crippen MR) is 146 cm³/mol. The molecule has 0 aliphatic heterocycles. The lowest BCUT2D eigenvalue weighted by Crippen LogP contribution is -2.26. The maximum atomic E-state index is 12.1. The molecule has 0 saturated heterocycles. The van der Waals surface area contributed by atoms with Crippen LogP contribution < -0.4 is 14.8 Å². The number of carbonyl (C=O) groups is 1. The van der Waals surface area contributed by atoms with E-state index in [0.29, 0.717) is 13.0 Å². The van der Waals surface area contributed by atoms with Gasteiger partial charge in [0.15, 0.2) is 0 Å². The predicted octanol–water partition coefficient (Wildman–Crippen LogP) is 5.24. The van der Waals surface area contributed by atoms with Gasteiger partial charge in [-0.3, -0.25) is 9.78 Å². The normalized spacial score (nSPS) is 11.1. The molecule has 0 unspecified atom stereocenters. The Morgan fingerprint density at radius 3 is 2.39 bits per heavy atom. The lowest BCUT2D eigenvalue weighted by atomic mass is 10.1. The number of ether oxygens (including phenoxy) is 2. The standard InChI is InChI=1S/C30H37N3O3/c1-33(19-15-25-20-28(35-2)22-29(21-25)36-3)18-5-4-17-32-30(34)10-6-8-24-11-13-26(14-12-24)27-9-7-16-31-23-27/h6-9,11-14,16,20-23H,4-5,10,15,17-19H2,1-3H3,(H,32,34). The third-order valence-corrected chi connectivity index (χ3v) is 6.00. The fourth-order valence-corrected chi connectivity index (χ4v) is 3.87. The van der Waals surface area contributed by atoms with Crippen molar-refractivity contribution in [2.24, 2.45) is 0 Å². The van der Waals surface area contributed by atoms with Gasteiger partial charge < -0.3 is 19.7 Å². The molecule has 0 aliphatic carbocycles. The van der Waals surface area contributed by atoms with Crippen LogP contribution in [0, 0.1) is 0 Å². The number of hydrogen-bond donors (Lipinski definition) is 1. The van der Waals surface area contributed by atoms with Crippen molar-refractivity contribution in [3.05, 3.63) is 84.2 Å². The van der Waals surface area contributed by atoms with Crippen LogP contribution in [0.5, 0.6) is 11.5 Å². The number of rotatable bonds is 14. The minimum atomic E-state index is 0.0542. The van der Waals surface area contributed by atoms with E-state index >= 15 is 0 Å². The van der Waals surface area contributed by atoms with Crippen molar-refractivity contribution in [3.8, 4) is 22.6 Å². The molecule has 6 heteroatoms. The number of pyridine rings is 1. The van der Waals surface area contributed by atoms with Crippen LogP contribution in [0.2, 0.25) is 0 Å². The number of benzene rings is 2. The fourth-order valence-electron chi connectivity index (χ4n) is 3.87. The molecule has 1 amide bonds. The first-order valence-corrected chi connectivity index (χ1v) is 12.4. The molecular weight excluding hydrogens is 450 g/mol. The Morgan fingerprint density at radius 1 is 0.972 bits per heavy atom. The van der Waals surface area contributed by atoms with Crippen molar-refractivity contribution in [1.29, 1.82) is 0 Å². The molecule has 0 radical (unpaired) electrons. The topological polar surface area (TPSA) is 63.7 Å². The number of aromatic nitrogens is 1. The van der Waals surface area contributed by atoms with Crippen LogP contribution in [-0.4, -0.2) is 56.7 Å². The first kappa shape index (κ1) is 27.0. The van der Waals surface area contributed by atoms with Crippen LogP contribution in [0.1, 0.15) is 30.4 Å². The molecule has 190 valence electrons. The molecule has 3 aromatic rings. The summed E-state index contributed by atoms with van der Waals surface area (Å²) in [4.78, 5) is 18.6. The zero-order valence-corrected chi connectivity index (χ0v) is 21.6. The molecule has 6 nitrogen and oxygen atoms in total. The van der Waals surface area contributed by atoms with Gasteiger partial charge in [-0.1, -0.05) is 42.5 Å². The van der Waals surface area contributed by atoms with E-state index in [2.05, 4.69) is 58.6 Å². The minimum absolute atomic E-state index is 0.0542. The molecule has 0 fully saturated rings. The van der Waals surface area contributed by atoms with E-state index in [4.69, 9.17) is 9.47 Å². The molecule has 1 N–H and O–H groups in total. The van der Waals surface area contributed by atoms with Crippen molar-refractivity contribution in [2.45, 2.75) is 25.7 Å². The summed E-state index contributed by atoms with van der Waals surface area (Å²) in [6, 6.07) is 18.2. The van der Waals surface area contributed by atoms with Gasteiger partial charge in [0.2, 0.25) is 5.91 Å². The van der Waals surface area contributed by atoms with E-state index in [1.165, 1.54) is 5.56 Å². The summed E-state index contributed by atoms with van der Waals surface area (Å²) in [5, 5.41) is 3.01. The first-order chi connectivity index (χ1) is 17.6. The Morgan fingerprint density at radius 2 is 1.72 bits per heavy atom. The van der Waals surface area contributed by atoms with Crippen LogP contribution in [0.4, 0.5) is 0 Å². The summed E-state index contributed by atoms with van der Waals surface area (Å²) < 4.78 is 10.7. The van der Waals surface area contributed by atoms with Crippen LogP contribution in [0.15, 0.2) is 73.1 Å². The Hall–Kier alpha value is -3.64. The van der Waals surface area contributed by atoms with E-state index in [1.54, 1.807) is 20.4 Å². The lowest BCUT2D eigenvalue weighted by Gasteiger charge is -2.17. The second-order valence-electron chi connectivity index (χ2n) is 8.80. The maximum Gasteiger partial charge on any atom is 0.223 e. The van der Waals surface area contributed by atoms with Crippen LogP contribution in [-0.2, 0) is 11.2 Å². The van der Waals surface area contributed by atoms with Crippen molar-refractivity contribution in [3.63, 3.8) is 0 Å². The van der Waals surface area contributed by atoms with E-state index < -0.39 is 0 Å². The molecule has 1 heterocycles. The van der Waals surface area contributed by atoms with E-state index in [-0.39, 0.29) is 5.91 Å². The Labute approximate surface area is 215 Å². The molecule has 0 aliphatic rings. The SMILES string of the molecule is COc1cc(CCN(C)CCCCNC(=O)CC=Cc2ccc(-c3cccnc3)cc2)cc(OC)c1. The molecule has 0 saturated carbocycles. The molecule has 0 spiro atoms. The Bertz CT molecular complexity index is 1080. The average molecular weight is 488 g/mol. The number of unbranched alkanes of at least 4 members (excludes halogenated alkanes) is 1. The lowest BCUT2D eigenvalue weighted by molar-refractivity contribution is -0.120. The number of methoxy groups -OCH3 is 2. The molecule has 36 heavy (non-hydrogen) atoms. The number of nitrogens with zero attached hydrogens (tertiary/aromatic N) is 2. The van der Waals surface area contributed by atoms with Gasteiger partial charge in [0, 0.05) is 38.0 Å². The van der Waals surface area contributed by atoms with Crippen molar-refractivity contribution in [2.75, 3.05) is 40.9 Å². The molecule has 3 rings (SSSR count). The highest BCUT2D eigenvalue weighted by Gasteiger charge is 2.05. The summed E-state index contributed by atoms with van der Waals surface area (Å²) in [6.45, 7) is 2.65. The fraction of sp³-hybridized carbons (Fsp3) is 0.333. The summed E-state index contributed by atoms with van der Waals surface area (Å²) in [5.74, 6) is 1.69. The van der Waals surface area contributed by atoms with E-state index in [9.17, 15) is 4.79 Å². The maximum absolute atomic E-state index is 12.1. The number of nitrogens with one attached hydrogen (secondary N) is 1. The Kier molecular flexibility index (Phi) is 11.0. The molecule has 2 aromatic carbocycles. The minimum Gasteiger partial charge on any atom is -0.497 e. The molecule has 0 atom stereocenters. The number of carbonyl (C=O) groups excluding carboxylic acids is 1. The highest BCUT2D eigenvalue weighted by atomic mass is 16.5. The third-order valence-electron chi connectivity index (χ3n) is 6.00. The second-order valence-corrected chi connectivity index (χ2v) is 8.80. The summed E-state index contributed by atoms with van der Waals surface area (Å²) >= 11 is 0. The van der Waals surface area contributed by atoms with Gasteiger partial charge in [0.25, 0.3) is 0 Å². The van der Waals surface area contributed by atoms with Crippen molar-refractivity contribution in [1.82, 2.24) is 15.2 Å². The Balaban J connectivity index is 1.28. The van der Waals surface area contributed by atoms with Crippen molar-refractivity contribution >= 4 is 12.0 Å². The van der Waals surface area contributed by atoms with Gasteiger partial charge in [0.1, 0.15) is 11.5 Å². The highest BCUT2D eigenvalue weighted by Crippen LogP contribution is 2.23. The summed E-state index contributed by atoms with van der Waals surface area (Å²) in [6.07, 6.45) is 10.8. The van der Waals surface area contributed by atoms with Crippen LogP contribution in [0.3, 0.4) is 0 Å². The molecule has 0 bridgehead atoms. The van der Waals surface area contributed by atoms with Gasteiger partial charge in [-0.2, -0.15) is 0 Å². The number of hydrogen-bond acceptors (Lipinski definition) is 5. The largest absolute Gasteiger partial charge is 0.497 e. The monoisotopic (exact) mass is 487 g/mol.